The van der Waals surface area contributed by atoms with Crippen molar-refractivity contribution >= 4 is 29.3 Å². The summed E-state index contributed by atoms with van der Waals surface area (Å²) in [7, 11) is 0. The highest BCUT2D eigenvalue weighted by molar-refractivity contribution is 5.98. The minimum atomic E-state index is -0.624. The molecule has 3 amide bonds. The Balaban J connectivity index is 1.42. The average Bonchev–Trinajstić information content (AvgIpc) is 3.13. The minimum absolute atomic E-state index is 0.0152. The number of benzene rings is 1. The predicted molar refractivity (Wildman–Crippen MR) is 114 cm³/mol. The van der Waals surface area contributed by atoms with E-state index < -0.39 is 23.6 Å². The zero-order valence-electron chi connectivity index (χ0n) is 17.9. The fourth-order valence-corrected chi connectivity index (χ4v) is 3.39. The molecule has 1 aromatic carbocycles. The van der Waals surface area contributed by atoms with Crippen molar-refractivity contribution in [3.8, 4) is 5.75 Å². The van der Waals surface area contributed by atoms with E-state index >= 15 is 0 Å². The summed E-state index contributed by atoms with van der Waals surface area (Å²) in [5.74, 6) is -0.0380. The zero-order valence-corrected chi connectivity index (χ0v) is 17.9. The number of carbonyl (C=O) groups is 3. The van der Waals surface area contributed by atoms with E-state index in [4.69, 9.17) is 9.47 Å². The van der Waals surface area contributed by atoms with E-state index in [0.717, 1.165) is 5.56 Å². The van der Waals surface area contributed by atoms with Crippen molar-refractivity contribution in [1.82, 2.24) is 20.6 Å². The molecule has 0 radical (unpaired) electrons. The second-order valence-corrected chi connectivity index (χ2v) is 8.41. The molecule has 0 bridgehead atoms. The van der Waals surface area contributed by atoms with Crippen LogP contribution in [0.25, 0.3) is 0 Å². The molecule has 0 saturated heterocycles. The van der Waals surface area contributed by atoms with Gasteiger partial charge in [0.25, 0.3) is 11.8 Å². The van der Waals surface area contributed by atoms with E-state index in [9.17, 15) is 14.4 Å². The predicted octanol–water partition coefficient (Wildman–Crippen LogP) is 1.73. The van der Waals surface area contributed by atoms with Gasteiger partial charge in [-0.1, -0.05) is 6.07 Å². The van der Waals surface area contributed by atoms with Crippen molar-refractivity contribution in [3.05, 3.63) is 41.5 Å². The van der Waals surface area contributed by atoms with E-state index in [2.05, 4.69) is 31.2 Å². The van der Waals surface area contributed by atoms with Crippen LogP contribution in [0, 0.1) is 0 Å². The number of fused-ring (bicyclic) bond motifs is 2. The third-order valence-corrected chi connectivity index (χ3v) is 4.73. The Labute approximate surface area is 184 Å². The van der Waals surface area contributed by atoms with Crippen LogP contribution in [0.4, 0.5) is 16.2 Å². The Bertz CT molecular complexity index is 1080. The summed E-state index contributed by atoms with van der Waals surface area (Å²) in [6.45, 7) is 5.90. The molecule has 1 unspecified atom stereocenters. The van der Waals surface area contributed by atoms with Crippen molar-refractivity contribution < 1.29 is 23.9 Å². The summed E-state index contributed by atoms with van der Waals surface area (Å²) in [4.78, 5) is 44.7. The second kappa shape index (κ2) is 8.33. The molecule has 11 nitrogen and oxygen atoms in total. The largest absolute Gasteiger partial charge is 0.482 e. The van der Waals surface area contributed by atoms with Gasteiger partial charge in [0.1, 0.15) is 17.7 Å². The monoisotopic (exact) mass is 440 g/mol. The van der Waals surface area contributed by atoms with Crippen molar-refractivity contribution in [1.29, 1.82) is 0 Å². The Morgan fingerprint density at radius 1 is 1.28 bits per heavy atom. The molecule has 1 aromatic heterocycles. The molecule has 32 heavy (non-hydrogen) atoms. The number of hydrogen-bond donors (Lipinski definition) is 4. The lowest BCUT2D eigenvalue weighted by Gasteiger charge is -2.21. The Kier molecular flexibility index (Phi) is 5.56. The molecule has 2 aliphatic rings. The van der Waals surface area contributed by atoms with E-state index in [1.54, 1.807) is 39.0 Å². The van der Waals surface area contributed by atoms with E-state index in [0.29, 0.717) is 29.4 Å². The van der Waals surface area contributed by atoms with Gasteiger partial charge in [-0.2, -0.15) is 0 Å². The van der Waals surface area contributed by atoms with Crippen LogP contribution >= 0.6 is 0 Å². The molecule has 0 saturated carbocycles. The second-order valence-electron chi connectivity index (χ2n) is 8.41. The quantitative estimate of drug-likeness (QED) is 0.563. The summed E-state index contributed by atoms with van der Waals surface area (Å²) in [5.41, 5.74) is 1.89. The summed E-state index contributed by atoms with van der Waals surface area (Å²) < 4.78 is 10.6. The molecular formula is C21H24N6O5. The lowest BCUT2D eigenvalue weighted by atomic mass is 10.1. The van der Waals surface area contributed by atoms with Gasteiger partial charge in [-0.25, -0.2) is 14.8 Å². The maximum Gasteiger partial charge on any atom is 0.408 e. The van der Waals surface area contributed by atoms with E-state index in [1.165, 1.54) is 6.33 Å². The highest BCUT2D eigenvalue weighted by Crippen LogP contribution is 2.31. The van der Waals surface area contributed by atoms with Crippen LogP contribution in [-0.4, -0.2) is 46.6 Å². The molecule has 0 aliphatic carbocycles. The van der Waals surface area contributed by atoms with Gasteiger partial charge in [0.15, 0.2) is 12.3 Å². The summed E-state index contributed by atoms with van der Waals surface area (Å²) in [6.07, 6.45) is 0.723. The standard InChI is InChI=1S/C21H24N6O5/c1-21(2,3)32-20(30)27-13-8-22-17-16(13)24-10-25-18(17)19(29)23-7-11-4-5-14-12(6-11)26-15(28)9-31-14/h4-6,10,13,22H,7-9H2,1-3H3,(H,23,29)(H,26,28)(H,27,30). The van der Waals surface area contributed by atoms with Gasteiger partial charge in [-0.15, -0.1) is 0 Å². The molecule has 0 fully saturated rings. The first-order chi connectivity index (χ1) is 15.2. The van der Waals surface area contributed by atoms with Crippen molar-refractivity contribution in [2.75, 3.05) is 23.8 Å². The zero-order chi connectivity index (χ0) is 22.9. The average molecular weight is 440 g/mol. The maximum absolute atomic E-state index is 12.8. The van der Waals surface area contributed by atoms with E-state index in [-0.39, 0.29) is 24.8 Å². The Morgan fingerprint density at radius 3 is 2.88 bits per heavy atom. The summed E-state index contributed by atoms with van der Waals surface area (Å²) in [6, 6.07) is 4.85. The number of nitrogens with one attached hydrogen (secondary N) is 4. The lowest BCUT2D eigenvalue weighted by Crippen LogP contribution is -2.35. The number of nitrogens with zero attached hydrogens (tertiary/aromatic N) is 2. The number of amides is 3. The van der Waals surface area contributed by atoms with Gasteiger partial charge < -0.3 is 30.7 Å². The minimum Gasteiger partial charge on any atom is -0.482 e. The molecule has 1 atom stereocenters. The van der Waals surface area contributed by atoms with Gasteiger partial charge in [0.2, 0.25) is 0 Å². The highest BCUT2D eigenvalue weighted by atomic mass is 16.6. The number of aromatic nitrogens is 2. The van der Waals surface area contributed by atoms with Crippen LogP contribution in [0.15, 0.2) is 24.5 Å². The molecule has 2 aliphatic heterocycles. The number of ether oxygens (including phenoxy) is 2. The number of carbonyl (C=O) groups excluding carboxylic acids is 3. The first kappa shape index (κ1) is 21.3. The van der Waals surface area contributed by atoms with Gasteiger partial charge in [0.05, 0.1) is 23.1 Å². The molecule has 3 heterocycles. The van der Waals surface area contributed by atoms with Crippen LogP contribution in [0.1, 0.15) is 48.6 Å². The highest BCUT2D eigenvalue weighted by Gasteiger charge is 2.31. The number of alkyl carbamates (subject to hydrolysis) is 1. The van der Waals surface area contributed by atoms with Gasteiger partial charge >= 0.3 is 6.09 Å². The topological polar surface area (TPSA) is 144 Å². The third kappa shape index (κ3) is 4.71. The first-order valence-electron chi connectivity index (χ1n) is 10.1. The summed E-state index contributed by atoms with van der Waals surface area (Å²) in [5, 5.41) is 11.4. The van der Waals surface area contributed by atoms with Crippen LogP contribution in [0.3, 0.4) is 0 Å². The number of anilines is 2. The van der Waals surface area contributed by atoms with Crippen molar-refractivity contribution in [3.63, 3.8) is 0 Å². The molecule has 4 rings (SSSR count). The molecule has 4 N–H and O–H groups in total. The van der Waals surface area contributed by atoms with Crippen LogP contribution < -0.4 is 26.0 Å². The first-order valence-corrected chi connectivity index (χ1v) is 10.1. The molecule has 11 heteroatoms. The van der Waals surface area contributed by atoms with Crippen LogP contribution in [0.2, 0.25) is 0 Å². The van der Waals surface area contributed by atoms with Gasteiger partial charge in [0, 0.05) is 13.1 Å². The number of rotatable bonds is 4. The fraction of sp³-hybridized carbons (Fsp3) is 0.381. The van der Waals surface area contributed by atoms with Crippen LogP contribution in [0.5, 0.6) is 5.75 Å². The third-order valence-electron chi connectivity index (χ3n) is 4.73. The smallest absolute Gasteiger partial charge is 0.408 e. The van der Waals surface area contributed by atoms with Crippen molar-refractivity contribution in [2.24, 2.45) is 0 Å². The normalized spacial score (nSPS) is 16.6. The van der Waals surface area contributed by atoms with E-state index in [1.807, 2.05) is 0 Å². The molecule has 168 valence electrons. The van der Waals surface area contributed by atoms with Crippen LogP contribution in [-0.2, 0) is 16.1 Å². The molecule has 2 aromatic rings. The molecular weight excluding hydrogens is 416 g/mol. The molecule has 0 spiro atoms. The number of hydrogen-bond acceptors (Lipinski definition) is 8. The Hall–Kier alpha value is -3.89. The summed E-state index contributed by atoms with van der Waals surface area (Å²) >= 11 is 0. The van der Waals surface area contributed by atoms with Gasteiger partial charge in [-0.3, -0.25) is 9.59 Å². The van der Waals surface area contributed by atoms with Gasteiger partial charge in [-0.05, 0) is 38.5 Å². The lowest BCUT2D eigenvalue weighted by molar-refractivity contribution is -0.118. The fourth-order valence-electron chi connectivity index (χ4n) is 3.39. The Morgan fingerprint density at radius 2 is 2.09 bits per heavy atom. The van der Waals surface area contributed by atoms with Crippen molar-refractivity contribution in [2.45, 2.75) is 39.0 Å². The maximum atomic E-state index is 12.8. The SMILES string of the molecule is CC(C)(C)OC(=O)NC1CNc2c(C(=O)NCc3ccc4c(c3)NC(=O)CO4)ncnc21.